The van der Waals surface area contributed by atoms with E-state index >= 15 is 0 Å². The Morgan fingerprint density at radius 2 is 1.78 bits per heavy atom. The van der Waals surface area contributed by atoms with Gasteiger partial charge in [-0.15, -0.1) is 0 Å². The molecule has 8 heteroatoms. The molecule has 0 aliphatic carbocycles. The van der Waals surface area contributed by atoms with Crippen LogP contribution in [0.1, 0.15) is 38.7 Å². The van der Waals surface area contributed by atoms with Gasteiger partial charge in [0.05, 0.1) is 4.90 Å². The van der Waals surface area contributed by atoms with Gasteiger partial charge in [-0.25, -0.2) is 8.42 Å². The largest absolute Gasteiger partial charge is 0.354 e. The number of hydrogen-bond donors (Lipinski definition) is 2. The van der Waals surface area contributed by atoms with Crippen molar-refractivity contribution in [3.05, 3.63) is 29.8 Å². The molecule has 2 amide bonds. The molecule has 0 radical (unpaired) electrons. The van der Waals surface area contributed by atoms with Crippen molar-refractivity contribution in [2.24, 2.45) is 5.92 Å². The zero-order valence-electron chi connectivity index (χ0n) is 16.2. The molecule has 7 nitrogen and oxygen atoms in total. The highest BCUT2D eigenvalue weighted by molar-refractivity contribution is 7.89. The van der Waals surface area contributed by atoms with Gasteiger partial charge >= 0.3 is 0 Å². The Morgan fingerprint density at radius 1 is 1.19 bits per heavy atom. The number of carbonyl (C=O) groups is 2. The summed E-state index contributed by atoms with van der Waals surface area (Å²) in [5.74, 6) is -0.679. The SMILES string of the molecule is CCCNC(=O)C(C)NC(=O)C1CCN(S(=O)(=O)c2ccc(C)cc2)CC1. The molecule has 1 aromatic rings. The third kappa shape index (κ3) is 5.52. The smallest absolute Gasteiger partial charge is 0.243 e. The molecule has 1 atom stereocenters. The second-order valence-corrected chi connectivity index (χ2v) is 8.95. The van der Waals surface area contributed by atoms with Crippen molar-refractivity contribution in [1.29, 1.82) is 0 Å². The number of amides is 2. The number of hydrogen-bond acceptors (Lipinski definition) is 4. The number of benzene rings is 1. The highest BCUT2D eigenvalue weighted by Gasteiger charge is 2.32. The lowest BCUT2D eigenvalue weighted by Gasteiger charge is -2.31. The van der Waals surface area contributed by atoms with Gasteiger partial charge < -0.3 is 10.6 Å². The second-order valence-electron chi connectivity index (χ2n) is 7.01. The minimum atomic E-state index is -3.54. The van der Waals surface area contributed by atoms with E-state index < -0.39 is 16.1 Å². The highest BCUT2D eigenvalue weighted by Crippen LogP contribution is 2.24. The van der Waals surface area contributed by atoms with Crippen molar-refractivity contribution >= 4 is 21.8 Å². The first-order valence-electron chi connectivity index (χ1n) is 9.40. The molecule has 2 N–H and O–H groups in total. The normalized spacial score (nSPS) is 17.3. The standard InChI is InChI=1S/C19H29N3O4S/c1-4-11-20-18(23)15(3)21-19(24)16-9-12-22(13-10-16)27(25,26)17-7-5-14(2)6-8-17/h5-8,15-16H,4,9-13H2,1-3H3,(H,20,23)(H,21,24). The van der Waals surface area contributed by atoms with E-state index in [4.69, 9.17) is 0 Å². The topological polar surface area (TPSA) is 95.6 Å². The summed E-state index contributed by atoms with van der Waals surface area (Å²) in [6, 6.07) is 6.18. The minimum Gasteiger partial charge on any atom is -0.354 e. The molecule has 1 fully saturated rings. The van der Waals surface area contributed by atoms with Gasteiger partial charge in [-0.1, -0.05) is 24.6 Å². The molecule has 1 unspecified atom stereocenters. The maximum absolute atomic E-state index is 12.7. The molecule has 2 rings (SSSR count). The van der Waals surface area contributed by atoms with E-state index in [0.29, 0.717) is 32.5 Å². The lowest BCUT2D eigenvalue weighted by molar-refractivity contribution is -0.131. The zero-order chi connectivity index (χ0) is 20.0. The molecule has 27 heavy (non-hydrogen) atoms. The summed E-state index contributed by atoms with van der Waals surface area (Å²) in [4.78, 5) is 24.5. The fourth-order valence-electron chi connectivity index (χ4n) is 3.02. The van der Waals surface area contributed by atoms with E-state index in [-0.39, 0.29) is 22.6 Å². The van der Waals surface area contributed by atoms with Gasteiger partial charge in [0.2, 0.25) is 21.8 Å². The minimum absolute atomic E-state index is 0.193. The molecule has 1 saturated heterocycles. The summed E-state index contributed by atoms with van der Waals surface area (Å²) in [7, 11) is -3.54. The van der Waals surface area contributed by atoms with Crippen LogP contribution in [0.2, 0.25) is 0 Å². The van der Waals surface area contributed by atoms with Crippen molar-refractivity contribution < 1.29 is 18.0 Å². The van der Waals surface area contributed by atoms with Gasteiger partial charge in [-0.2, -0.15) is 4.31 Å². The third-order valence-corrected chi connectivity index (χ3v) is 6.70. The molecule has 1 heterocycles. The molecule has 1 aromatic carbocycles. The van der Waals surface area contributed by atoms with Gasteiger partial charge in [0.15, 0.2) is 0 Å². The van der Waals surface area contributed by atoms with Gasteiger partial charge in [-0.05, 0) is 45.2 Å². The highest BCUT2D eigenvalue weighted by atomic mass is 32.2. The fraction of sp³-hybridized carbons (Fsp3) is 0.579. The summed E-state index contributed by atoms with van der Waals surface area (Å²) in [6.07, 6.45) is 1.72. The second kappa shape index (κ2) is 9.32. The van der Waals surface area contributed by atoms with Crippen LogP contribution in [0.25, 0.3) is 0 Å². The summed E-state index contributed by atoms with van der Waals surface area (Å²) < 4.78 is 26.9. The molecule has 1 aliphatic heterocycles. The van der Waals surface area contributed by atoms with E-state index in [1.807, 2.05) is 13.8 Å². The number of sulfonamides is 1. The van der Waals surface area contributed by atoms with Gasteiger partial charge in [0.1, 0.15) is 6.04 Å². The lowest BCUT2D eigenvalue weighted by atomic mass is 9.97. The Balaban J connectivity index is 1.89. The number of nitrogens with one attached hydrogen (secondary N) is 2. The van der Waals surface area contributed by atoms with Crippen molar-refractivity contribution in [1.82, 2.24) is 14.9 Å². The first kappa shape index (κ1) is 21.4. The first-order valence-corrected chi connectivity index (χ1v) is 10.8. The summed E-state index contributed by atoms with van der Waals surface area (Å²) in [6.45, 7) is 6.69. The predicted molar refractivity (Wildman–Crippen MR) is 104 cm³/mol. The summed E-state index contributed by atoms with van der Waals surface area (Å²) >= 11 is 0. The van der Waals surface area contributed by atoms with Crippen LogP contribution in [0.3, 0.4) is 0 Å². The molecule has 150 valence electrons. The van der Waals surface area contributed by atoms with Gasteiger partial charge in [0.25, 0.3) is 0 Å². The number of piperidine rings is 1. The number of rotatable bonds is 7. The van der Waals surface area contributed by atoms with E-state index in [2.05, 4.69) is 10.6 Å². The zero-order valence-corrected chi connectivity index (χ0v) is 17.0. The quantitative estimate of drug-likeness (QED) is 0.730. The molecular weight excluding hydrogens is 366 g/mol. The van der Waals surface area contributed by atoms with Crippen molar-refractivity contribution in [3.63, 3.8) is 0 Å². The average molecular weight is 396 g/mol. The van der Waals surface area contributed by atoms with E-state index in [9.17, 15) is 18.0 Å². The summed E-state index contributed by atoms with van der Waals surface area (Å²) in [5.41, 5.74) is 1.00. The maximum Gasteiger partial charge on any atom is 0.243 e. The Morgan fingerprint density at radius 3 is 2.33 bits per heavy atom. The van der Waals surface area contributed by atoms with Gasteiger partial charge in [0, 0.05) is 25.6 Å². The monoisotopic (exact) mass is 395 g/mol. The molecule has 0 bridgehead atoms. The van der Waals surface area contributed by atoms with Crippen molar-refractivity contribution in [3.8, 4) is 0 Å². The number of aryl methyl sites for hydroxylation is 1. The maximum atomic E-state index is 12.7. The van der Waals surface area contributed by atoms with Crippen molar-refractivity contribution in [2.75, 3.05) is 19.6 Å². The molecular formula is C19H29N3O4S. The van der Waals surface area contributed by atoms with Crippen LogP contribution in [0, 0.1) is 12.8 Å². The van der Waals surface area contributed by atoms with Gasteiger partial charge in [-0.3, -0.25) is 9.59 Å². The molecule has 0 spiro atoms. The first-order chi connectivity index (χ1) is 12.8. The molecule has 1 aliphatic rings. The number of nitrogens with zero attached hydrogens (tertiary/aromatic N) is 1. The van der Waals surface area contributed by atoms with Crippen LogP contribution < -0.4 is 10.6 Å². The molecule has 0 saturated carbocycles. The predicted octanol–water partition coefficient (Wildman–Crippen LogP) is 1.43. The lowest BCUT2D eigenvalue weighted by Crippen LogP contribution is -2.49. The van der Waals surface area contributed by atoms with Crippen LogP contribution in [0.4, 0.5) is 0 Å². The average Bonchev–Trinajstić information content (AvgIpc) is 2.66. The van der Waals surface area contributed by atoms with Crippen LogP contribution in [0.15, 0.2) is 29.2 Å². The Bertz CT molecular complexity index is 754. The Labute approximate surface area is 161 Å². The van der Waals surface area contributed by atoms with E-state index in [1.54, 1.807) is 31.2 Å². The van der Waals surface area contributed by atoms with Crippen molar-refractivity contribution in [2.45, 2.75) is 51.0 Å². The van der Waals surface area contributed by atoms with Crippen LogP contribution in [-0.4, -0.2) is 50.2 Å². The third-order valence-electron chi connectivity index (χ3n) is 4.78. The van der Waals surface area contributed by atoms with Crippen LogP contribution >= 0.6 is 0 Å². The Hall–Kier alpha value is -1.93. The fourth-order valence-corrected chi connectivity index (χ4v) is 4.49. The summed E-state index contributed by atoms with van der Waals surface area (Å²) in [5, 5.41) is 5.48. The van der Waals surface area contributed by atoms with E-state index in [0.717, 1.165) is 12.0 Å². The van der Waals surface area contributed by atoms with Crippen LogP contribution in [-0.2, 0) is 19.6 Å². The Kier molecular flexibility index (Phi) is 7.38. The number of carbonyl (C=O) groups excluding carboxylic acids is 2. The van der Waals surface area contributed by atoms with E-state index in [1.165, 1.54) is 4.31 Å². The molecule has 0 aromatic heterocycles. The van der Waals surface area contributed by atoms with Crippen LogP contribution in [0.5, 0.6) is 0 Å².